The van der Waals surface area contributed by atoms with Crippen molar-refractivity contribution < 1.29 is 9.47 Å². The number of aryl methyl sites for hydroxylation is 1. The predicted molar refractivity (Wildman–Crippen MR) is 77.6 cm³/mol. The largest absolute Gasteiger partial charge is 0.472 e. The monoisotopic (exact) mass is 289 g/mol. The van der Waals surface area contributed by atoms with E-state index in [1.807, 2.05) is 12.1 Å². The smallest absolute Gasteiger partial charge is 0.292 e. The molecule has 0 atom stereocenters. The fourth-order valence-electron chi connectivity index (χ4n) is 1.94. The van der Waals surface area contributed by atoms with Crippen molar-refractivity contribution >= 4 is 12.8 Å². The van der Waals surface area contributed by atoms with Crippen molar-refractivity contribution in [2.75, 3.05) is 0 Å². The molecule has 0 N–H and O–H groups in total. The maximum absolute atomic E-state index is 8.71. The Hall–Kier alpha value is -2.13. The highest BCUT2D eigenvalue weighted by Gasteiger charge is 2.11. The molecule has 20 heavy (non-hydrogen) atoms. The lowest BCUT2D eigenvalue weighted by atomic mass is 10.0. The van der Waals surface area contributed by atoms with Crippen LogP contribution in [0.4, 0.5) is 0 Å². The first-order valence-electron chi connectivity index (χ1n) is 6.29. The molecule has 1 aromatic heterocycles. The van der Waals surface area contributed by atoms with E-state index in [9.17, 15) is 0 Å². The Kier molecular flexibility index (Phi) is 4.91. The van der Waals surface area contributed by atoms with Crippen LogP contribution in [-0.2, 0) is 13.0 Å². The molecule has 6 heteroatoms. The number of thiol groups is 1. The van der Waals surface area contributed by atoms with Crippen LogP contribution < -0.4 is 9.47 Å². The molecule has 0 radical (unpaired) electrons. The van der Waals surface area contributed by atoms with Crippen molar-refractivity contribution in [3.63, 3.8) is 0 Å². The van der Waals surface area contributed by atoms with Crippen molar-refractivity contribution in [2.45, 2.75) is 26.4 Å². The zero-order valence-corrected chi connectivity index (χ0v) is 12.0. The molecule has 0 saturated heterocycles. The van der Waals surface area contributed by atoms with E-state index in [1.54, 1.807) is 24.6 Å². The molecule has 0 aliphatic heterocycles. The molecule has 0 unspecified atom stereocenters. The van der Waals surface area contributed by atoms with Gasteiger partial charge in [0.1, 0.15) is 12.4 Å². The lowest BCUT2D eigenvalue weighted by Crippen LogP contribution is -2.03. The summed E-state index contributed by atoms with van der Waals surface area (Å²) in [4.78, 5) is 0. The Labute approximate surface area is 123 Å². The van der Waals surface area contributed by atoms with E-state index >= 15 is 0 Å². The van der Waals surface area contributed by atoms with Crippen molar-refractivity contribution in [1.82, 2.24) is 9.19 Å². The summed E-state index contributed by atoms with van der Waals surface area (Å²) < 4.78 is 12.0. The third kappa shape index (κ3) is 3.45. The fraction of sp³-hybridized carbons (Fsp3) is 0.286. The topological polar surface area (TPSA) is 60.1 Å². The molecule has 2 rings (SSSR count). The summed E-state index contributed by atoms with van der Waals surface area (Å²) in [5.74, 6) is 1.01. The molecule has 5 nitrogen and oxygen atoms in total. The molecule has 0 amide bonds. The first kappa shape index (κ1) is 14.3. The van der Waals surface area contributed by atoms with Crippen LogP contribution in [0.25, 0.3) is 0 Å². The number of hydrogen-bond acceptors (Lipinski definition) is 5. The molecule has 1 heterocycles. The Morgan fingerprint density at radius 1 is 1.40 bits per heavy atom. The van der Waals surface area contributed by atoms with Gasteiger partial charge in [-0.1, -0.05) is 25.5 Å². The first-order valence-corrected chi connectivity index (χ1v) is 6.69. The normalized spacial score (nSPS) is 10.1. The Morgan fingerprint density at radius 3 is 2.90 bits per heavy atom. The molecule has 0 saturated carbocycles. The Bertz CT molecular complexity index is 619. The van der Waals surface area contributed by atoms with Gasteiger partial charge in [-0.05, 0) is 30.9 Å². The van der Waals surface area contributed by atoms with Crippen LogP contribution in [0.5, 0.6) is 11.6 Å². The van der Waals surface area contributed by atoms with Crippen molar-refractivity contribution in [3.05, 3.63) is 41.6 Å². The average Bonchev–Trinajstić information content (AvgIpc) is 2.84. The molecule has 2 aromatic rings. The fourth-order valence-corrected chi connectivity index (χ4v) is 2.10. The highest BCUT2D eigenvalue weighted by molar-refractivity contribution is 7.78. The van der Waals surface area contributed by atoms with Crippen molar-refractivity contribution in [2.24, 2.45) is 0 Å². The quantitative estimate of drug-likeness (QED) is 0.656. The van der Waals surface area contributed by atoms with Gasteiger partial charge in [-0.25, -0.2) is 4.09 Å². The highest BCUT2D eigenvalue weighted by Crippen LogP contribution is 2.25. The average molecular weight is 289 g/mol. The minimum Gasteiger partial charge on any atom is -0.472 e. The number of benzene rings is 1. The van der Waals surface area contributed by atoms with Crippen LogP contribution in [0, 0.1) is 11.5 Å². The van der Waals surface area contributed by atoms with E-state index in [0.717, 1.165) is 24.0 Å². The van der Waals surface area contributed by atoms with Crippen LogP contribution in [0.2, 0.25) is 0 Å². The van der Waals surface area contributed by atoms with Gasteiger partial charge in [-0.2, -0.15) is 0 Å². The SMILES string of the molecule is CCCc1cccc(OC#N)c1COc1ccn(S)n1. The lowest BCUT2D eigenvalue weighted by molar-refractivity contribution is 0.287. The van der Waals surface area contributed by atoms with Gasteiger partial charge in [0.2, 0.25) is 5.88 Å². The predicted octanol–water partition coefficient (Wildman–Crippen LogP) is 2.97. The number of nitriles is 1. The number of ether oxygens (including phenoxy) is 2. The highest BCUT2D eigenvalue weighted by atomic mass is 32.1. The van der Waals surface area contributed by atoms with Gasteiger partial charge in [0.15, 0.2) is 0 Å². The third-order valence-electron chi connectivity index (χ3n) is 2.82. The number of rotatable bonds is 6. The molecule has 0 bridgehead atoms. The van der Waals surface area contributed by atoms with Crippen LogP contribution in [0.15, 0.2) is 30.5 Å². The van der Waals surface area contributed by atoms with Gasteiger partial charge >= 0.3 is 0 Å². The van der Waals surface area contributed by atoms with Crippen LogP contribution >= 0.6 is 12.8 Å². The summed E-state index contributed by atoms with van der Waals surface area (Å²) in [5.41, 5.74) is 2.00. The van der Waals surface area contributed by atoms with Crippen molar-refractivity contribution in [3.8, 4) is 17.9 Å². The van der Waals surface area contributed by atoms with Crippen LogP contribution in [0.1, 0.15) is 24.5 Å². The summed E-state index contributed by atoms with van der Waals surface area (Å²) >= 11 is 4.05. The van der Waals surface area contributed by atoms with Crippen molar-refractivity contribution in [1.29, 1.82) is 5.26 Å². The van der Waals surface area contributed by atoms with Gasteiger partial charge in [0.05, 0.1) is 0 Å². The van der Waals surface area contributed by atoms with Gasteiger partial charge in [-0.3, -0.25) is 0 Å². The second-order valence-corrected chi connectivity index (χ2v) is 4.61. The third-order valence-corrected chi connectivity index (χ3v) is 3.04. The lowest BCUT2D eigenvalue weighted by Gasteiger charge is -2.12. The number of nitrogens with zero attached hydrogens (tertiary/aromatic N) is 3. The first-order chi connectivity index (χ1) is 9.74. The molecule has 1 aromatic carbocycles. The molecule has 0 fully saturated rings. The molecule has 0 aliphatic rings. The second-order valence-electron chi connectivity index (χ2n) is 4.20. The molecule has 0 spiro atoms. The molecule has 0 aliphatic carbocycles. The van der Waals surface area contributed by atoms with Crippen LogP contribution in [0.3, 0.4) is 0 Å². The Balaban J connectivity index is 2.20. The number of aromatic nitrogens is 2. The maximum atomic E-state index is 8.71. The van der Waals surface area contributed by atoms with Gasteiger partial charge < -0.3 is 9.47 Å². The van der Waals surface area contributed by atoms with E-state index in [1.165, 1.54) is 4.09 Å². The Morgan fingerprint density at radius 2 is 2.25 bits per heavy atom. The maximum Gasteiger partial charge on any atom is 0.292 e. The zero-order valence-electron chi connectivity index (χ0n) is 11.1. The minimum absolute atomic E-state index is 0.304. The van der Waals surface area contributed by atoms with E-state index < -0.39 is 0 Å². The van der Waals surface area contributed by atoms with Gasteiger partial charge in [0, 0.05) is 17.8 Å². The number of hydrogen-bond donors (Lipinski definition) is 1. The second kappa shape index (κ2) is 6.87. The van der Waals surface area contributed by atoms with Gasteiger partial charge in [0.25, 0.3) is 6.26 Å². The summed E-state index contributed by atoms with van der Waals surface area (Å²) in [6.07, 6.45) is 5.31. The van der Waals surface area contributed by atoms with Crippen LogP contribution in [-0.4, -0.2) is 9.19 Å². The zero-order chi connectivity index (χ0) is 14.4. The van der Waals surface area contributed by atoms with E-state index in [-0.39, 0.29) is 0 Å². The van der Waals surface area contributed by atoms with E-state index in [4.69, 9.17) is 14.7 Å². The molecular weight excluding hydrogens is 274 g/mol. The minimum atomic E-state index is 0.304. The summed E-state index contributed by atoms with van der Waals surface area (Å²) in [7, 11) is 0. The van der Waals surface area contributed by atoms with Gasteiger partial charge in [-0.15, -0.1) is 10.4 Å². The van der Waals surface area contributed by atoms with E-state index in [2.05, 4.69) is 24.8 Å². The molecule has 104 valence electrons. The summed E-state index contributed by atoms with van der Waals surface area (Å²) in [5, 5.41) is 12.7. The standard InChI is InChI=1S/C14H15N3O2S/c1-2-4-11-5-3-6-13(19-10-15)12(11)9-18-14-7-8-17(20)16-14/h3,5-8,20H,2,4,9H2,1H3. The summed E-state index contributed by atoms with van der Waals surface area (Å²) in [6, 6.07) is 7.38. The van der Waals surface area contributed by atoms with E-state index in [0.29, 0.717) is 18.2 Å². The molecular formula is C14H15N3O2S. The summed E-state index contributed by atoms with van der Waals surface area (Å²) in [6.45, 7) is 2.41.